The van der Waals surface area contributed by atoms with Crippen LogP contribution in [0.4, 0.5) is 8.78 Å². The van der Waals surface area contributed by atoms with Crippen molar-refractivity contribution in [1.29, 1.82) is 0 Å². The molecule has 0 aliphatic heterocycles. The van der Waals surface area contributed by atoms with E-state index in [1.165, 1.54) is 12.1 Å². The van der Waals surface area contributed by atoms with E-state index in [1.807, 2.05) is 0 Å². The van der Waals surface area contributed by atoms with E-state index in [-0.39, 0.29) is 11.6 Å². The van der Waals surface area contributed by atoms with E-state index in [0.717, 1.165) is 0 Å². The summed E-state index contributed by atoms with van der Waals surface area (Å²) >= 11 is 3.17. The highest BCUT2D eigenvalue weighted by molar-refractivity contribution is 9.09. The van der Waals surface area contributed by atoms with E-state index in [0.29, 0.717) is 22.9 Å². The van der Waals surface area contributed by atoms with Crippen molar-refractivity contribution < 1.29 is 8.78 Å². The highest BCUT2D eigenvalue weighted by atomic mass is 79.9. The van der Waals surface area contributed by atoms with Crippen LogP contribution in [0.2, 0.25) is 0 Å². The van der Waals surface area contributed by atoms with Crippen LogP contribution >= 0.6 is 15.9 Å². The zero-order chi connectivity index (χ0) is 9.14. The van der Waals surface area contributed by atoms with Crippen molar-refractivity contribution in [2.45, 2.75) is 13.3 Å². The molecule has 0 heterocycles. The third-order valence-electron chi connectivity index (χ3n) is 1.69. The second kappa shape index (κ2) is 3.99. The maximum atomic E-state index is 13.0. The van der Waals surface area contributed by atoms with E-state index in [9.17, 15) is 8.78 Å². The summed E-state index contributed by atoms with van der Waals surface area (Å²) in [7, 11) is 0. The molecule has 0 saturated heterocycles. The van der Waals surface area contributed by atoms with Gasteiger partial charge >= 0.3 is 0 Å². The van der Waals surface area contributed by atoms with Crippen molar-refractivity contribution in [3.05, 3.63) is 34.9 Å². The predicted molar refractivity (Wildman–Crippen MR) is 48.6 cm³/mol. The van der Waals surface area contributed by atoms with Crippen molar-refractivity contribution in [2.24, 2.45) is 0 Å². The normalized spacial score (nSPS) is 10.3. The fourth-order valence-corrected chi connectivity index (χ4v) is 1.41. The van der Waals surface area contributed by atoms with Crippen LogP contribution in [-0.4, -0.2) is 5.33 Å². The van der Waals surface area contributed by atoms with E-state index in [2.05, 4.69) is 15.9 Å². The number of halogens is 3. The van der Waals surface area contributed by atoms with Crippen molar-refractivity contribution in [1.82, 2.24) is 0 Å². The molecule has 0 spiro atoms. The van der Waals surface area contributed by atoms with Gasteiger partial charge in [0, 0.05) is 5.33 Å². The Morgan fingerprint density at radius 2 is 1.92 bits per heavy atom. The van der Waals surface area contributed by atoms with Gasteiger partial charge < -0.3 is 0 Å². The number of hydrogen-bond donors (Lipinski definition) is 0. The van der Waals surface area contributed by atoms with Gasteiger partial charge in [-0.3, -0.25) is 0 Å². The lowest BCUT2D eigenvalue weighted by Crippen LogP contribution is -1.95. The molecular formula is C9H9BrF2. The quantitative estimate of drug-likeness (QED) is 0.690. The summed E-state index contributed by atoms with van der Waals surface area (Å²) < 4.78 is 25.9. The first kappa shape index (κ1) is 9.65. The maximum Gasteiger partial charge on any atom is 0.126 e. The SMILES string of the molecule is Cc1cc(F)c(CCBr)cc1F. The molecule has 3 heteroatoms. The van der Waals surface area contributed by atoms with Gasteiger partial charge in [-0.2, -0.15) is 0 Å². The minimum atomic E-state index is -0.340. The smallest absolute Gasteiger partial charge is 0.126 e. The first-order valence-electron chi connectivity index (χ1n) is 3.65. The summed E-state index contributed by atoms with van der Waals surface area (Å²) in [4.78, 5) is 0. The first-order chi connectivity index (χ1) is 5.65. The van der Waals surface area contributed by atoms with Gasteiger partial charge in [0.1, 0.15) is 11.6 Å². The summed E-state index contributed by atoms with van der Waals surface area (Å²) in [6.45, 7) is 1.55. The van der Waals surface area contributed by atoms with Gasteiger partial charge in [-0.15, -0.1) is 0 Å². The summed E-state index contributed by atoms with van der Waals surface area (Å²) in [5.41, 5.74) is 0.779. The molecule has 1 aromatic carbocycles. The molecule has 0 aromatic heterocycles. The Morgan fingerprint density at radius 3 is 2.50 bits per heavy atom. The zero-order valence-corrected chi connectivity index (χ0v) is 8.29. The van der Waals surface area contributed by atoms with E-state index >= 15 is 0 Å². The van der Waals surface area contributed by atoms with Gasteiger partial charge in [0.05, 0.1) is 0 Å². The molecule has 0 amide bonds. The molecule has 0 radical (unpaired) electrons. The zero-order valence-electron chi connectivity index (χ0n) is 6.70. The molecule has 0 atom stereocenters. The Kier molecular flexibility index (Phi) is 3.20. The lowest BCUT2D eigenvalue weighted by Gasteiger charge is -2.02. The molecule has 66 valence electrons. The lowest BCUT2D eigenvalue weighted by molar-refractivity contribution is 0.581. The van der Waals surface area contributed by atoms with Gasteiger partial charge in [-0.1, -0.05) is 15.9 Å². The van der Waals surface area contributed by atoms with Crippen LogP contribution in [0.3, 0.4) is 0 Å². The minimum absolute atomic E-state index is 0.326. The molecular weight excluding hydrogens is 226 g/mol. The van der Waals surface area contributed by atoms with E-state index < -0.39 is 0 Å². The largest absolute Gasteiger partial charge is 0.207 e. The Morgan fingerprint density at radius 1 is 1.25 bits per heavy atom. The third-order valence-corrected chi connectivity index (χ3v) is 2.09. The first-order valence-corrected chi connectivity index (χ1v) is 4.77. The van der Waals surface area contributed by atoms with Gasteiger partial charge in [0.15, 0.2) is 0 Å². The number of benzene rings is 1. The number of hydrogen-bond acceptors (Lipinski definition) is 0. The summed E-state index contributed by atoms with van der Waals surface area (Å²) in [6, 6.07) is 2.49. The third kappa shape index (κ3) is 2.03. The molecule has 0 bridgehead atoms. The predicted octanol–water partition coefficient (Wildman–Crippen LogP) is 3.21. The van der Waals surface area contributed by atoms with Crippen LogP contribution in [-0.2, 0) is 6.42 Å². The Hall–Kier alpha value is -0.440. The molecule has 1 aromatic rings. The highest BCUT2D eigenvalue weighted by Gasteiger charge is 2.05. The highest BCUT2D eigenvalue weighted by Crippen LogP contribution is 2.15. The molecule has 12 heavy (non-hydrogen) atoms. The fraction of sp³-hybridized carbons (Fsp3) is 0.333. The second-order valence-corrected chi connectivity index (χ2v) is 3.42. The molecule has 0 fully saturated rings. The van der Waals surface area contributed by atoms with Gasteiger partial charge in [0.2, 0.25) is 0 Å². The van der Waals surface area contributed by atoms with Crippen LogP contribution < -0.4 is 0 Å². The van der Waals surface area contributed by atoms with Gasteiger partial charge in [0.25, 0.3) is 0 Å². The average Bonchev–Trinajstić information content (AvgIpc) is 2.01. The number of alkyl halides is 1. The average molecular weight is 235 g/mol. The van der Waals surface area contributed by atoms with Crippen LogP contribution in [0.1, 0.15) is 11.1 Å². The van der Waals surface area contributed by atoms with E-state index in [1.54, 1.807) is 6.92 Å². The monoisotopic (exact) mass is 234 g/mol. The van der Waals surface area contributed by atoms with E-state index in [4.69, 9.17) is 0 Å². The van der Waals surface area contributed by atoms with Crippen LogP contribution in [0, 0.1) is 18.6 Å². The molecule has 0 aliphatic rings. The molecule has 0 nitrogen and oxygen atoms in total. The fourth-order valence-electron chi connectivity index (χ4n) is 0.981. The van der Waals surface area contributed by atoms with Crippen LogP contribution in [0.5, 0.6) is 0 Å². The second-order valence-electron chi connectivity index (χ2n) is 2.63. The number of aryl methyl sites for hydroxylation is 2. The standard InChI is InChI=1S/C9H9BrF2/c1-6-4-9(12)7(2-3-10)5-8(6)11/h4-5H,2-3H2,1H3. The molecule has 1 rings (SSSR count). The Balaban J connectivity index is 3.05. The van der Waals surface area contributed by atoms with Crippen molar-refractivity contribution in [2.75, 3.05) is 5.33 Å². The van der Waals surface area contributed by atoms with Crippen molar-refractivity contribution in [3.63, 3.8) is 0 Å². The topological polar surface area (TPSA) is 0 Å². The van der Waals surface area contributed by atoms with Gasteiger partial charge in [-0.25, -0.2) is 8.78 Å². The number of rotatable bonds is 2. The van der Waals surface area contributed by atoms with Crippen molar-refractivity contribution >= 4 is 15.9 Å². The summed E-state index contributed by atoms with van der Waals surface area (Å²) in [6.07, 6.45) is 0.517. The minimum Gasteiger partial charge on any atom is -0.207 e. The van der Waals surface area contributed by atoms with Crippen molar-refractivity contribution in [3.8, 4) is 0 Å². The summed E-state index contributed by atoms with van der Waals surface area (Å²) in [5, 5.41) is 0.645. The lowest BCUT2D eigenvalue weighted by atomic mass is 10.1. The van der Waals surface area contributed by atoms with Crippen LogP contribution in [0.25, 0.3) is 0 Å². The molecule has 0 saturated carbocycles. The molecule has 0 N–H and O–H groups in total. The maximum absolute atomic E-state index is 13.0. The Labute approximate surface area is 78.7 Å². The van der Waals surface area contributed by atoms with Crippen LogP contribution in [0.15, 0.2) is 12.1 Å². The molecule has 0 unspecified atom stereocenters. The Bertz CT molecular complexity index is 284. The summed E-state index contributed by atoms with van der Waals surface area (Å²) in [5.74, 6) is -0.666. The molecule has 0 aliphatic carbocycles. The van der Waals surface area contributed by atoms with Gasteiger partial charge in [-0.05, 0) is 36.6 Å².